The van der Waals surface area contributed by atoms with Gasteiger partial charge < -0.3 is 5.73 Å². The summed E-state index contributed by atoms with van der Waals surface area (Å²) in [6, 6.07) is 10.8. The predicted octanol–water partition coefficient (Wildman–Crippen LogP) is 5.02. The molecule has 2 N–H and O–H groups in total. The van der Waals surface area contributed by atoms with Crippen LogP contribution in [0.15, 0.2) is 30.3 Å². The van der Waals surface area contributed by atoms with Crippen LogP contribution in [0.4, 0.5) is 0 Å². The summed E-state index contributed by atoms with van der Waals surface area (Å²) >= 11 is 1.89. The topological polar surface area (TPSA) is 43.1 Å². The van der Waals surface area contributed by atoms with E-state index in [0.717, 1.165) is 37.9 Å². The lowest BCUT2D eigenvalue weighted by Crippen LogP contribution is -2.49. The maximum absolute atomic E-state index is 12.5. The molecule has 23 heavy (non-hydrogen) atoms. The highest BCUT2D eigenvalue weighted by Crippen LogP contribution is 2.54. The van der Waals surface area contributed by atoms with Crippen molar-refractivity contribution < 1.29 is 6.22 Å². The van der Waals surface area contributed by atoms with Crippen molar-refractivity contribution in [2.45, 2.75) is 57.8 Å². The van der Waals surface area contributed by atoms with Crippen LogP contribution in [0, 0.1) is 11.3 Å². The molecule has 3 unspecified atom stereocenters. The van der Waals surface area contributed by atoms with Crippen LogP contribution < -0.4 is 5.73 Å². The van der Waals surface area contributed by atoms with Crippen molar-refractivity contribution >= 4 is 17.7 Å². The lowest BCUT2D eigenvalue weighted by molar-refractivity contribution is -0.133. The Balaban J connectivity index is 0.00000288. The second-order valence-corrected chi connectivity index (χ2v) is 8.21. The molecule has 1 aliphatic carbocycles. The molecule has 0 radical (unpaired) electrons. The highest BCUT2D eigenvalue weighted by Gasteiger charge is 2.50. The minimum absolute atomic E-state index is 0. The third-order valence-electron chi connectivity index (χ3n) is 5.75. The molecule has 0 spiro atoms. The maximum Gasteiger partial charge on any atom is 0.223 e. The fourth-order valence-corrected chi connectivity index (χ4v) is 5.50. The number of nitrogens with two attached hydrogens (primary N) is 1. The van der Waals surface area contributed by atoms with E-state index in [1.807, 2.05) is 11.8 Å². The largest absolute Gasteiger partial charge is 0.369 e. The molecular formula is C20H33NOS. The number of carbonyl (C=O) groups excluding carboxylic acids is 1. The number of primary amides is 1. The lowest BCUT2D eigenvalue weighted by atomic mass is 9.54. The monoisotopic (exact) mass is 335 g/mol. The zero-order valence-electron chi connectivity index (χ0n) is 14.8. The van der Waals surface area contributed by atoms with Crippen molar-refractivity contribution in [3.8, 4) is 0 Å². The van der Waals surface area contributed by atoms with Crippen LogP contribution in [0.2, 0.25) is 0 Å². The molecule has 0 aliphatic heterocycles. The van der Waals surface area contributed by atoms with E-state index in [4.69, 9.17) is 5.73 Å². The average Bonchev–Trinajstić information content (AvgIpc) is 2.56. The summed E-state index contributed by atoms with van der Waals surface area (Å²) in [5.74, 6) is 1.60. The van der Waals surface area contributed by atoms with Gasteiger partial charge in [-0.25, -0.2) is 0 Å². The van der Waals surface area contributed by atoms with Gasteiger partial charge in [-0.1, -0.05) is 50.6 Å². The molecule has 1 aromatic carbocycles. The predicted molar refractivity (Wildman–Crippen MR) is 103 cm³/mol. The van der Waals surface area contributed by atoms with E-state index in [1.165, 1.54) is 12.0 Å². The number of hydrogen-bond acceptors (Lipinski definition) is 2. The van der Waals surface area contributed by atoms with E-state index < -0.39 is 0 Å². The van der Waals surface area contributed by atoms with Crippen molar-refractivity contribution in [1.82, 2.24) is 0 Å². The third-order valence-corrected chi connectivity index (χ3v) is 6.56. The Labute approximate surface area is 147 Å². The fraction of sp³-hybridized carbons (Fsp3) is 0.650. The van der Waals surface area contributed by atoms with Gasteiger partial charge in [0, 0.05) is 1.43 Å². The van der Waals surface area contributed by atoms with Crippen LogP contribution in [0.5, 0.6) is 0 Å². The molecule has 1 aromatic rings. The standard InChI is InChI=1S/C20H31NOS.H2/c1-4-11-20(18(21)22)13-16(14-23-3)12-19(5-2,15-20)17-9-7-6-8-10-17;/h6-10,16H,4-5,11-15H2,1-3H3,(H2,21,22);1H. The number of carbonyl (C=O) groups is 1. The summed E-state index contributed by atoms with van der Waals surface area (Å²) in [7, 11) is 0. The highest BCUT2D eigenvalue weighted by molar-refractivity contribution is 7.98. The van der Waals surface area contributed by atoms with Gasteiger partial charge in [0.25, 0.3) is 0 Å². The average molecular weight is 336 g/mol. The second kappa shape index (κ2) is 7.74. The normalized spacial score (nSPS) is 31.0. The van der Waals surface area contributed by atoms with E-state index in [0.29, 0.717) is 5.92 Å². The number of rotatable bonds is 7. The quantitative estimate of drug-likeness (QED) is 0.760. The van der Waals surface area contributed by atoms with Crippen LogP contribution in [0.3, 0.4) is 0 Å². The lowest BCUT2D eigenvalue weighted by Gasteiger charge is -2.50. The van der Waals surface area contributed by atoms with E-state index in [2.05, 4.69) is 50.4 Å². The van der Waals surface area contributed by atoms with Crippen LogP contribution in [0.25, 0.3) is 0 Å². The Morgan fingerprint density at radius 2 is 2.00 bits per heavy atom. The van der Waals surface area contributed by atoms with Gasteiger partial charge in [-0.2, -0.15) is 11.8 Å². The Morgan fingerprint density at radius 3 is 2.52 bits per heavy atom. The van der Waals surface area contributed by atoms with Gasteiger partial charge in [-0.05, 0) is 61.0 Å². The van der Waals surface area contributed by atoms with Gasteiger partial charge in [0.2, 0.25) is 5.91 Å². The zero-order chi connectivity index (χ0) is 16.9. The van der Waals surface area contributed by atoms with Gasteiger partial charge in [0.05, 0.1) is 5.41 Å². The highest BCUT2D eigenvalue weighted by atomic mass is 32.2. The van der Waals surface area contributed by atoms with E-state index >= 15 is 0 Å². The molecule has 0 aromatic heterocycles. The van der Waals surface area contributed by atoms with E-state index in [-0.39, 0.29) is 18.2 Å². The van der Waals surface area contributed by atoms with E-state index in [1.54, 1.807) is 0 Å². The number of thioether (sulfide) groups is 1. The molecule has 1 aliphatic rings. The summed E-state index contributed by atoms with van der Waals surface area (Å²) in [6.07, 6.45) is 8.22. The van der Waals surface area contributed by atoms with E-state index in [9.17, 15) is 4.79 Å². The first kappa shape index (κ1) is 18.4. The van der Waals surface area contributed by atoms with Crippen molar-refractivity contribution in [1.29, 1.82) is 0 Å². The summed E-state index contributed by atoms with van der Waals surface area (Å²) in [5, 5.41) is 0. The van der Waals surface area contributed by atoms with Gasteiger partial charge in [0.15, 0.2) is 0 Å². The molecule has 0 heterocycles. The van der Waals surface area contributed by atoms with Gasteiger partial charge in [-0.15, -0.1) is 0 Å². The number of amides is 1. The first-order chi connectivity index (χ1) is 11.0. The Bertz CT molecular complexity index is 524. The van der Waals surface area contributed by atoms with Crippen LogP contribution >= 0.6 is 11.8 Å². The molecule has 2 rings (SSSR count). The summed E-state index contributed by atoms with van der Waals surface area (Å²) < 4.78 is 0. The molecule has 3 atom stereocenters. The minimum Gasteiger partial charge on any atom is -0.369 e. The van der Waals surface area contributed by atoms with Gasteiger partial charge in [0.1, 0.15) is 0 Å². The fourth-order valence-electron chi connectivity index (χ4n) is 4.79. The summed E-state index contributed by atoms with van der Waals surface area (Å²) in [5.41, 5.74) is 7.09. The number of benzene rings is 1. The molecule has 1 amide bonds. The second-order valence-electron chi connectivity index (χ2n) is 7.30. The molecule has 1 saturated carbocycles. The molecule has 3 heteroatoms. The molecule has 0 saturated heterocycles. The van der Waals surface area contributed by atoms with Gasteiger partial charge in [-0.3, -0.25) is 4.79 Å². The minimum atomic E-state index is -0.334. The summed E-state index contributed by atoms with van der Waals surface area (Å²) in [4.78, 5) is 12.5. The summed E-state index contributed by atoms with van der Waals surface area (Å²) in [6.45, 7) is 4.44. The van der Waals surface area contributed by atoms with Crippen LogP contribution in [-0.2, 0) is 10.2 Å². The van der Waals surface area contributed by atoms with Crippen molar-refractivity contribution in [3.63, 3.8) is 0 Å². The Morgan fingerprint density at radius 1 is 1.30 bits per heavy atom. The maximum atomic E-state index is 12.5. The molecule has 2 nitrogen and oxygen atoms in total. The Hall–Kier alpha value is -0.960. The van der Waals surface area contributed by atoms with Gasteiger partial charge >= 0.3 is 0 Å². The smallest absolute Gasteiger partial charge is 0.223 e. The first-order valence-electron chi connectivity index (χ1n) is 8.86. The van der Waals surface area contributed by atoms with Crippen LogP contribution in [0.1, 0.15) is 59.4 Å². The molecular weight excluding hydrogens is 302 g/mol. The molecule has 130 valence electrons. The Kier molecular flexibility index (Phi) is 6.19. The first-order valence-corrected chi connectivity index (χ1v) is 10.3. The molecule has 0 bridgehead atoms. The SMILES string of the molecule is CCCC1(C(N)=O)CC(CSC)CC(CC)(c2ccccc2)C1.[HH]. The van der Waals surface area contributed by atoms with Crippen molar-refractivity contribution in [2.75, 3.05) is 12.0 Å². The number of hydrogen-bond donors (Lipinski definition) is 1. The third kappa shape index (κ3) is 3.76. The zero-order valence-corrected chi connectivity index (χ0v) is 15.6. The van der Waals surface area contributed by atoms with Crippen LogP contribution in [-0.4, -0.2) is 17.9 Å². The van der Waals surface area contributed by atoms with Crippen molar-refractivity contribution in [2.24, 2.45) is 17.1 Å². The molecule has 1 fully saturated rings. The van der Waals surface area contributed by atoms with Crippen molar-refractivity contribution in [3.05, 3.63) is 35.9 Å².